The average Bonchev–Trinajstić information content (AvgIpc) is 3.46. The number of rotatable bonds is 5. The highest BCUT2D eigenvalue weighted by atomic mass is 16.8. The summed E-state index contributed by atoms with van der Waals surface area (Å²) in [7, 11) is 0. The summed E-state index contributed by atoms with van der Waals surface area (Å²) in [5.74, 6) is 1.48. The molecule has 1 fully saturated rings. The van der Waals surface area contributed by atoms with Gasteiger partial charge in [0.15, 0.2) is 0 Å². The molecule has 2 aromatic carbocycles. The topological polar surface area (TPSA) is 122 Å². The lowest BCUT2D eigenvalue weighted by Gasteiger charge is -2.21. The second kappa shape index (κ2) is 7.54. The van der Waals surface area contributed by atoms with Crippen molar-refractivity contribution in [2.75, 3.05) is 11.8 Å². The zero-order valence-electron chi connectivity index (χ0n) is 15.9. The number of para-hydroxylation sites is 1. The summed E-state index contributed by atoms with van der Waals surface area (Å²) in [6, 6.07) is 15.8. The summed E-state index contributed by atoms with van der Waals surface area (Å²) in [5.41, 5.74) is 1.43. The van der Waals surface area contributed by atoms with Gasteiger partial charge in [-0.15, -0.1) is 0 Å². The number of hydrogen-bond donors (Lipinski definition) is 2. The number of aliphatic hydroxyl groups excluding tert-OH is 1. The Labute approximate surface area is 171 Å². The molecule has 0 spiro atoms. The number of aliphatic hydroxyl groups is 1. The molecule has 0 bridgehead atoms. The maximum absolute atomic E-state index is 11.1. The largest absolute Gasteiger partial charge is 0.733 e. The van der Waals surface area contributed by atoms with Crippen LogP contribution in [0.1, 0.15) is 24.1 Å². The first-order valence-electron chi connectivity index (χ1n) is 9.56. The zero-order chi connectivity index (χ0) is 20.7. The molecule has 1 saturated heterocycles. The maximum Gasteiger partial charge on any atom is 0.244 e. The summed E-state index contributed by atoms with van der Waals surface area (Å²) >= 11 is 0. The number of fused-ring (bicyclic) bond motifs is 1. The number of nitrogens with zero attached hydrogens (tertiary/aromatic N) is 4. The molecule has 4 aromatic rings. The van der Waals surface area contributed by atoms with Crippen LogP contribution in [0.3, 0.4) is 0 Å². The van der Waals surface area contributed by atoms with Gasteiger partial charge in [-0.1, -0.05) is 35.5 Å². The van der Waals surface area contributed by atoms with E-state index in [2.05, 4.69) is 10.1 Å². The number of benzene rings is 2. The van der Waals surface area contributed by atoms with E-state index < -0.39 is 6.10 Å². The van der Waals surface area contributed by atoms with Gasteiger partial charge in [-0.3, -0.25) is 10.1 Å². The van der Waals surface area contributed by atoms with E-state index in [0.717, 1.165) is 16.7 Å². The highest BCUT2D eigenvalue weighted by Crippen LogP contribution is 2.34. The highest BCUT2D eigenvalue weighted by Gasteiger charge is 2.36. The number of β-amino-alcohol motifs (C(OH)–C–C–N with tert-alkyl or cyclic N) is 1. The molecule has 0 amide bonds. The van der Waals surface area contributed by atoms with E-state index in [1.165, 1.54) is 12.1 Å². The Morgan fingerprint density at radius 2 is 2.03 bits per heavy atom. The second-order valence-corrected chi connectivity index (χ2v) is 7.36. The summed E-state index contributed by atoms with van der Waals surface area (Å²) in [5, 5.41) is 35.3. The van der Waals surface area contributed by atoms with Crippen LogP contribution in [0.15, 0.2) is 63.5 Å². The van der Waals surface area contributed by atoms with E-state index in [4.69, 9.17) is 14.1 Å². The van der Waals surface area contributed by atoms with Gasteiger partial charge in [0.1, 0.15) is 11.3 Å². The van der Waals surface area contributed by atoms with E-state index in [1.807, 2.05) is 35.2 Å². The molecular weight excluding hydrogens is 388 g/mol. The quantitative estimate of drug-likeness (QED) is 0.479. The van der Waals surface area contributed by atoms with Crippen LogP contribution in [0.4, 0.5) is 5.69 Å². The van der Waals surface area contributed by atoms with Crippen molar-refractivity contribution in [2.45, 2.75) is 25.1 Å². The number of furan rings is 1. The third-order valence-corrected chi connectivity index (χ3v) is 5.27. The van der Waals surface area contributed by atoms with Gasteiger partial charge in [-0.05, 0) is 30.7 Å². The Morgan fingerprint density at radius 3 is 2.87 bits per heavy atom. The average molecular weight is 407 g/mol. The monoisotopic (exact) mass is 407 g/mol. The molecule has 2 aromatic heterocycles. The van der Waals surface area contributed by atoms with Gasteiger partial charge in [0.2, 0.25) is 11.7 Å². The summed E-state index contributed by atoms with van der Waals surface area (Å²) in [6.07, 6.45) is -0.0474. The maximum atomic E-state index is 11.1. The van der Waals surface area contributed by atoms with Crippen LogP contribution in [0.25, 0.3) is 22.4 Å². The van der Waals surface area contributed by atoms with Crippen molar-refractivity contribution in [3.05, 3.63) is 71.5 Å². The Hall–Kier alpha value is -3.24. The minimum atomic E-state index is -0.513. The second-order valence-electron chi connectivity index (χ2n) is 7.36. The molecule has 5 rings (SSSR count). The molecule has 9 heteroatoms. The lowest BCUT2D eigenvalue weighted by Crippen LogP contribution is -2.24. The van der Waals surface area contributed by atoms with E-state index in [9.17, 15) is 10.3 Å². The van der Waals surface area contributed by atoms with Gasteiger partial charge in [0.25, 0.3) is 0 Å². The molecule has 0 unspecified atom stereocenters. The van der Waals surface area contributed by atoms with Gasteiger partial charge in [-0.2, -0.15) is 4.98 Å². The normalized spacial score (nSPS) is 19.6. The summed E-state index contributed by atoms with van der Waals surface area (Å²) in [6.45, 7) is 0.962. The van der Waals surface area contributed by atoms with Crippen LogP contribution in [0, 0.1) is 5.21 Å². The van der Waals surface area contributed by atoms with Crippen LogP contribution in [0.2, 0.25) is 0 Å². The third-order valence-electron chi connectivity index (χ3n) is 5.27. The van der Waals surface area contributed by atoms with E-state index >= 15 is 0 Å². The Balaban J connectivity index is 1.39. The standard InChI is InChI=1S/C21H19N4O5/c26-16-10-18(24(11-16)12-17-9-13-4-1-2-7-19(13)29-17)21-22-20(23-30-21)14-5-3-6-15(8-14)25(27)28/h1-9,16,18,26-27H,10-12H2/q-1/t16-,18+/m1/s1. The van der Waals surface area contributed by atoms with Crippen LogP contribution in [0.5, 0.6) is 0 Å². The minimum absolute atomic E-state index is 0.0710. The van der Waals surface area contributed by atoms with Crippen molar-refractivity contribution in [1.29, 1.82) is 0 Å². The number of likely N-dealkylation sites (tertiary alicyclic amines) is 1. The summed E-state index contributed by atoms with van der Waals surface area (Å²) < 4.78 is 11.4. The number of aromatic nitrogens is 2. The third kappa shape index (κ3) is 3.55. The van der Waals surface area contributed by atoms with Crippen LogP contribution >= 0.6 is 0 Å². The fourth-order valence-corrected chi connectivity index (χ4v) is 3.88. The van der Waals surface area contributed by atoms with Crippen LogP contribution in [-0.4, -0.2) is 38.0 Å². The molecule has 2 atom stereocenters. The SMILES string of the molecule is [O-]N(O)c1cccc(-c2noc([C@@H]3C[C@@H](O)CN3Cc3cc4ccccc4o3)n2)c1. The van der Waals surface area contributed by atoms with E-state index in [-0.39, 0.29) is 17.0 Å². The fraction of sp³-hybridized carbons (Fsp3) is 0.238. The molecule has 3 heterocycles. The lowest BCUT2D eigenvalue weighted by molar-refractivity contribution is 0.164. The van der Waals surface area contributed by atoms with Crippen molar-refractivity contribution in [3.63, 3.8) is 0 Å². The molecule has 154 valence electrons. The smallest absolute Gasteiger partial charge is 0.244 e. The van der Waals surface area contributed by atoms with E-state index in [1.54, 1.807) is 12.1 Å². The van der Waals surface area contributed by atoms with Crippen molar-refractivity contribution in [1.82, 2.24) is 15.0 Å². The number of hydrogen-bond acceptors (Lipinski definition) is 9. The molecule has 9 nitrogen and oxygen atoms in total. The predicted octanol–water partition coefficient (Wildman–Crippen LogP) is 3.48. The molecule has 1 aliphatic rings. The van der Waals surface area contributed by atoms with Crippen molar-refractivity contribution < 1.29 is 19.3 Å². The zero-order valence-corrected chi connectivity index (χ0v) is 15.9. The van der Waals surface area contributed by atoms with Gasteiger partial charge in [0, 0.05) is 17.5 Å². The van der Waals surface area contributed by atoms with Gasteiger partial charge < -0.3 is 24.5 Å². The Kier molecular flexibility index (Phi) is 4.72. The summed E-state index contributed by atoms with van der Waals surface area (Å²) in [4.78, 5) is 6.51. The molecular formula is C21H19N4O5-. The van der Waals surface area contributed by atoms with Gasteiger partial charge >= 0.3 is 0 Å². The molecule has 30 heavy (non-hydrogen) atoms. The first-order chi connectivity index (χ1) is 14.6. The van der Waals surface area contributed by atoms with Crippen molar-refractivity contribution in [2.24, 2.45) is 0 Å². The van der Waals surface area contributed by atoms with Crippen LogP contribution in [-0.2, 0) is 6.54 Å². The fourth-order valence-electron chi connectivity index (χ4n) is 3.88. The number of anilines is 1. The lowest BCUT2D eigenvalue weighted by atomic mass is 10.2. The molecule has 0 saturated carbocycles. The minimum Gasteiger partial charge on any atom is -0.733 e. The Bertz CT molecular complexity index is 1140. The van der Waals surface area contributed by atoms with Crippen LogP contribution < -0.4 is 5.23 Å². The first-order valence-corrected chi connectivity index (χ1v) is 9.56. The predicted molar refractivity (Wildman–Crippen MR) is 107 cm³/mol. The van der Waals surface area contributed by atoms with E-state index in [0.29, 0.717) is 36.8 Å². The van der Waals surface area contributed by atoms with Gasteiger partial charge in [-0.25, -0.2) is 0 Å². The molecule has 1 aliphatic heterocycles. The first kappa shape index (κ1) is 18.8. The van der Waals surface area contributed by atoms with Gasteiger partial charge in [0.05, 0.1) is 24.4 Å². The Morgan fingerprint density at radius 1 is 1.17 bits per heavy atom. The molecule has 0 radical (unpaired) electrons. The highest BCUT2D eigenvalue weighted by molar-refractivity contribution is 5.77. The molecule has 0 aliphatic carbocycles. The van der Waals surface area contributed by atoms with Crippen molar-refractivity contribution >= 4 is 16.7 Å². The molecule has 2 N–H and O–H groups in total. The van der Waals surface area contributed by atoms with Crippen molar-refractivity contribution in [3.8, 4) is 11.4 Å².